The zero-order chi connectivity index (χ0) is 22.2. The van der Waals surface area contributed by atoms with Crippen LogP contribution >= 0.6 is 0 Å². The van der Waals surface area contributed by atoms with Gasteiger partial charge in [-0.05, 0) is 55.7 Å². The fraction of sp³-hybridized carbons (Fsp3) is 0.545. The maximum absolute atomic E-state index is 13.6. The number of rotatable bonds is 4. The van der Waals surface area contributed by atoms with Crippen LogP contribution in [0.3, 0.4) is 0 Å². The van der Waals surface area contributed by atoms with Gasteiger partial charge in [0.1, 0.15) is 5.82 Å². The highest BCUT2D eigenvalue weighted by Crippen LogP contribution is 2.36. The number of carbonyl (C=O) groups is 1. The molecule has 1 saturated carbocycles. The topological polar surface area (TPSA) is 64.2 Å². The predicted molar refractivity (Wildman–Crippen MR) is 106 cm³/mol. The second-order valence-corrected chi connectivity index (χ2v) is 8.61. The summed E-state index contributed by atoms with van der Waals surface area (Å²) in [6.45, 7) is 0.440. The summed E-state index contributed by atoms with van der Waals surface area (Å²) in [5.41, 5.74) is 6.24. The van der Waals surface area contributed by atoms with Gasteiger partial charge >= 0.3 is 6.18 Å². The van der Waals surface area contributed by atoms with Crippen LogP contribution in [0.2, 0.25) is 0 Å². The minimum atomic E-state index is -4.56. The Kier molecular flexibility index (Phi) is 6.05. The molecule has 0 atom stereocenters. The minimum absolute atomic E-state index is 0.0331. The molecule has 1 amide bonds. The molecule has 1 fully saturated rings. The van der Waals surface area contributed by atoms with Gasteiger partial charge in [0.2, 0.25) is 5.91 Å². The van der Waals surface area contributed by atoms with Crippen LogP contribution in [0.15, 0.2) is 24.3 Å². The van der Waals surface area contributed by atoms with Crippen molar-refractivity contribution in [3.05, 3.63) is 52.6 Å². The average Bonchev–Trinajstić information content (AvgIpc) is 3.09. The van der Waals surface area contributed by atoms with E-state index in [1.54, 1.807) is 4.90 Å². The van der Waals surface area contributed by atoms with E-state index in [0.717, 1.165) is 25.7 Å². The lowest BCUT2D eigenvalue weighted by atomic mass is 9.84. The van der Waals surface area contributed by atoms with Crippen molar-refractivity contribution in [1.29, 1.82) is 0 Å². The van der Waals surface area contributed by atoms with E-state index < -0.39 is 17.7 Å². The Labute approximate surface area is 178 Å². The van der Waals surface area contributed by atoms with E-state index in [9.17, 15) is 22.4 Å². The van der Waals surface area contributed by atoms with Gasteiger partial charge in [-0.25, -0.2) is 4.39 Å². The number of halogens is 4. The number of hydrogen-bond donors (Lipinski definition) is 1. The first-order chi connectivity index (χ1) is 14.7. The summed E-state index contributed by atoms with van der Waals surface area (Å²) in [5.74, 6) is -0.166. The molecule has 31 heavy (non-hydrogen) atoms. The third kappa shape index (κ3) is 4.92. The zero-order valence-corrected chi connectivity index (χ0v) is 17.2. The van der Waals surface area contributed by atoms with Crippen LogP contribution in [0.4, 0.5) is 17.6 Å². The van der Waals surface area contributed by atoms with Crippen LogP contribution in [0, 0.1) is 11.7 Å². The number of aromatic nitrogens is 2. The first kappa shape index (κ1) is 21.8. The van der Waals surface area contributed by atoms with E-state index in [0.29, 0.717) is 17.7 Å². The highest BCUT2D eigenvalue weighted by atomic mass is 19.4. The van der Waals surface area contributed by atoms with Gasteiger partial charge in [0.15, 0.2) is 5.69 Å². The van der Waals surface area contributed by atoms with E-state index in [1.807, 2.05) is 0 Å². The van der Waals surface area contributed by atoms with Crippen molar-refractivity contribution in [3.63, 3.8) is 0 Å². The molecule has 1 aromatic heterocycles. The Hall–Kier alpha value is -2.42. The highest BCUT2D eigenvalue weighted by molar-refractivity contribution is 5.76. The molecule has 0 saturated heterocycles. The van der Waals surface area contributed by atoms with Crippen molar-refractivity contribution in [2.45, 2.75) is 63.8 Å². The molecule has 2 heterocycles. The molecule has 2 aromatic rings. The van der Waals surface area contributed by atoms with E-state index in [4.69, 9.17) is 5.73 Å². The molecule has 0 unspecified atom stereocenters. The van der Waals surface area contributed by atoms with E-state index in [1.165, 1.54) is 28.9 Å². The lowest BCUT2D eigenvalue weighted by Gasteiger charge is -2.31. The van der Waals surface area contributed by atoms with Gasteiger partial charge in [-0.15, -0.1) is 0 Å². The second-order valence-electron chi connectivity index (χ2n) is 8.61. The van der Waals surface area contributed by atoms with Crippen molar-refractivity contribution < 1.29 is 22.4 Å². The van der Waals surface area contributed by atoms with Gasteiger partial charge < -0.3 is 10.6 Å². The van der Waals surface area contributed by atoms with Crippen LogP contribution in [0.1, 0.15) is 54.6 Å². The summed E-state index contributed by atoms with van der Waals surface area (Å²) in [5, 5.41) is 3.84. The maximum Gasteiger partial charge on any atom is 0.435 e. The van der Waals surface area contributed by atoms with Crippen molar-refractivity contribution in [3.8, 4) is 0 Å². The molecule has 9 heteroatoms. The summed E-state index contributed by atoms with van der Waals surface area (Å²) < 4.78 is 55.2. The fourth-order valence-electron chi connectivity index (χ4n) is 4.58. The fourth-order valence-corrected chi connectivity index (χ4v) is 4.58. The van der Waals surface area contributed by atoms with Crippen LogP contribution in [0.5, 0.6) is 0 Å². The number of nitrogens with zero attached hydrogens (tertiary/aromatic N) is 3. The Morgan fingerprint density at radius 1 is 1.13 bits per heavy atom. The number of fused-ring (bicyclic) bond motifs is 1. The minimum Gasteiger partial charge on any atom is -0.336 e. The summed E-state index contributed by atoms with van der Waals surface area (Å²) in [6.07, 6.45) is -0.414. The summed E-state index contributed by atoms with van der Waals surface area (Å²) in [6, 6.07) is 5.78. The van der Waals surface area contributed by atoms with Crippen molar-refractivity contribution >= 4 is 5.91 Å². The molecule has 2 aliphatic rings. The molecular formula is C22H26F4N4O. The molecule has 0 radical (unpaired) electrons. The Morgan fingerprint density at radius 2 is 1.81 bits per heavy atom. The molecule has 5 nitrogen and oxygen atoms in total. The SMILES string of the molecule is N[C@H]1CC[C@@H](CC(=O)N2CCc3c(C(F)(F)F)nn(Cc4ccc(F)cc4)c3C2)CC1. The second kappa shape index (κ2) is 8.61. The smallest absolute Gasteiger partial charge is 0.336 e. The standard InChI is InChI=1S/C22H26F4N4O/c23-16-5-1-15(2-6-16)12-30-19-13-29(10-9-18(19)21(28-30)22(24,25)26)20(31)11-14-3-7-17(27)8-4-14/h1-2,5-6,14,17H,3-4,7-13,27H2/t14-,17+. The first-order valence-corrected chi connectivity index (χ1v) is 10.6. The molecule has 0 bridgehead atoms. The van der Waals surface area contributed by atoms with Gasteiger partial charge in [0, 0.05) is 24.6 Å². The summed E-state index contributed by atoms with van der Waals surface area (Å²) in [7, 11) is 0. The third-order valence-electron chi connectivity index (χ3n) is 6.36. The van der Waals surface area contributed by atoms with Gasteiger partial charge in [-0.2, -0.15) is 18.3 Å². The lowest BCUT2D eigenvalue weighted by molar-refractivity contribution is -0.142. The molecular weight excluding hydrogens is 412 g/mol. The number of carbonyl (C=O) groups excluding carboxylic acids is 1. The predicted octanol–water partition coefficient (Wildman–Crippen LogP) is 3.88. The van der Waals surface area contributed by atoms with E-state index in [-0.39, 0.29) is 49.5 Å². The van der Waals surface area contributed by atoms with Crippen LogP contribution in [-0.4, -0.2) is 33.2 Å². The first-order valence-electron chi connectivity index (χ1n) is 10.6. The maximum atomic E-state index is 13.6. The van der Waals surface area contributed by atoms with Crippen LogP contribution in [-0.2, 0) is 30.5 Å². The van der Waals surface area contributed by atoms with Crippen LogP contribution < -0.4 is 5.73 Å². The summed E-state index contributed by atoms with van der Waals surface area (Å²) in [4.78, 5) is 14.5. The molecule has 2 N–H and O–H groups in total. The normalized spacial score (nSPS) is 21.8. The van der Waals surface area contributed by atoms with E-state index >= 15 is 0 Å². The molecule has 168 valence electrons. The summed E-state index contributed by atoms with van der Waals surface area (Å²) >= 11 is 0. The quantitative estimate of drug-likeness (QED) is 0.737. The third-order valence-corrected chi connectivity index (χ3v) is 6.36. The average molecular weight is 438 g/mol. The Morgan fingerprint density at radius 3 is 2.45 bits per heavy atom. The highest BCUT2D eigenvalue weighted by Gasteiger charge is 2.41. The number of amides is 1. The van der Waals surface area contributed by atoms with Crippen molar-refractivity contribution in [1.82, 2.24) is 14.7 Å². The Bertz CT molecular complexity index is 930. The number of nitrogens with two attached hydrogens (primary N) is 1. The monoisotopic (exact) mass is 438 g/mol. The van der Waals surface area contributed by atoms with Crippen LogP contribution in [0.25, 0.3) is 0 Å². The van der Waals surface area contributed by atoms with Crippen molar-refractivity contribution in [2.24, 2.45) is 11.7 Å². The number of hydrogen-bond acceptors (Lipinski definition) is 3. The molecule has 1 aliphatic carbocycles. The van der Waals surface area contributed by atoms with Crippen molar-refractivity contribution in [2.75, 3.05) is 6.54 Å². The number of benzene rings is 1. The molecule has 1 aliphatic heterocycles. The van der Waals surface area contributed by atoms with Gasteiger partial charge in [-0.1, -0.05) is 12.1 Å². The molecule has 4 rings (SSSR count). The lowest BCUT2D eigenvalue weighted by Crippen LogP contribution is -2.38. The van der Waals surface area contributed by atoms with Gasteiger partial charge in [0.05, 0.1) is 18.8 Å². The molecule has 0 spiro atoms. The van der Waals surface area contributed by atoms with Gasteiger partial charge in [0.25, 0.3) is 0 Å². The zero-order valence-electron chi connectivity index (χ0n) is 17.2. The molecule has 1 aromatic carbocycles. The largest absolute Gasteiger partial charge is 0.435 e. The van der Waals surface area contributed by atoms with E-state index in [2.05, 4.69) is 5.10 Å². The van der Waals surface area contributed by atoms with Gasteiger partial charge in [-0.3, -0.25) is 9.48 Å². The number of alkyl halides is 3. The Balaban J connectivity index is 1.54.